The van der Waals surface area contributed by atoms with Gasteiger partial charge in [-0.25, -0.2) is 0 Å². The van der Waals surface area contributed by atoms with Crippen LogP contribution < -0.4 is 14.2 Å². The Kier molecular flexibility index (Phi) is 8.05. The van der Waals surface area contributed by atoms with Gasteiger partial charge in [-0.2, -0.15) is 0 Å². The molecule has 1 saturated heterocycles. The molecule has 0 saturated carbocycles. The van der Waals surface area contributed by atoms with Gasteiger partial charge in [-0.1, -0.05) is 24.3 Å². The molecular formula is C31H33NO6. The van der Waals surface area contributed by atoms with Crippen molar-refractivity contribution in [2.24, 2.45) is 0 Å². The molecule has 1 unspecified atom stereocenters. The number of ketones is 1. The molecule has 1 N–H and O–H groups in total. The molecule has 198 valence electrons. The van der Waals surface area contributed by atoms with E-state index in [1.165, 1.54) is 4.90 Å². The van der Waals surface area contributed by atoms with Crippen LogP contribution in [0.15, 0.2) is 72.3 Å². The lowest BCUT2D eigenvalue weighted by Crippen LogP contribution is -2.29. The first-order valence-corrected chi connectivity index (χ1v) is 12.6. The minimum atomic E-state index is -0.778. The van der Waals surface area contributed by atoms with E-state index in [0.717, 1.165) is 16.9 Å². The number of Topliss-reactive ketones (excluding diaryl/α,β-unsaturated/α-hetero) is 1. The van der Waals surface area contributed by atoms with Crippen molar-refractivity contribution >= 4 is 17.4 Å². The number of aliphatic hydroxyl groups excluding tert-OH is 1. The van der Waals surface area contributed by atoms with Crippen LogP contribution in [0.5, 0.6) is 17.2 Å². The SMILES string of the molecule is CCOc1ccc(/C(O)=C2/C(=O)C(=O)N(Cc3ccc(OC(C)C)cc3)C2c2ccc(OC)cc2)cc1C. The Bertz CT molecular complexity index is 1340. The molecule has 7 nitrogen and oxygen atoms in total. The van der Waals surface area contributed by atoms with Crippen molar-refractivity contribution in [3.8, 4) is 17.2 Å². The van der Waals surface area contributed by atoms with Crippen molar-refractivity contribution in [2.75, 3.05) is 13.7 Å². The highest BCUT2D eigenvalue weighted by molar-refractivity contribution is 6.46. The number of amides is 1. The van der Waals surface area contributed by atoms with E-state index >= 15 is 0 Å². The number of carbonyl (C=O) groups is 2. The summed E-state index contributed by atoms with van der Waals surface area (Å²) >= 11 is 0. The van der Waals surface area contributed by atoms with Crippen LogP contribution in [0, 0.1) is 6.92 Å². The smallest absolute Gasteiger partial charge is 0.295 e. The zero-order valence-corrected chi connectivity index (χ0v) is 22.4. The third-order valence-corrected chi connectivity index (χ3v) is 6.37. The number of benzene rings is 3. The molecule has 0 radical (unpaired) electrons. The van der Waals surface area contributed by atoms with E-state index in [4.69, 9.17) is 14.2 Å². The van der Waals surface area contributed by atoms with E-state index in [1.54, 1.807) is 49.6 Å². The summed E-state index contributed by atoms with van der Waals surface area (Å²) in [7, 11) is 1.57. The van der Waals surface area contributed by atoms with Gasteiger partial charge in [-0.05, 0) is 86.8 Å². The molecule has 0 aromatic heterocycles. The lowest BCUT2D eigenvalue weighted by atomic mass is 9.94. The molecular weight excluding hydrogens is 482 g/mol. The average Bonchev–Trinajstić information content (AvgIpc) is 3.15. The van der Waals surface area contributed by atoms with Crippen molar-refractivity contribution in [3.05, 3.63) is 94.6 Å². The summed E-state index contributed by atoms with van der Waals surface area (Å²) in [6.07, 6.45) is 0.0417. The Labute approximate surface area is 223 Å². The number of hydrogen-bond donors (Lipinski definition) is 1. The monoisotopic (exact) mass is 515 g/mol. The van der Waals surface area contributed by atoms with Crippen molar-refractivity contribution < 1.29 is 28.9 Å². The maximum Gasteiger partial charge on any atom is 0.295 e. The third-order valence-electron chi connectivity index (χ3n) is 6.37. The number of aliphatic hydroxyl groups is 1. The van der Waals surface area contributed by atoms with Gasteiger partial charge in [0, 0.05) is 12.1 Å². The number of likely N-dealkylation sites (tertiary alicyclic amines) is 1. The highest BCUT2D eigenvalue weighted by Crippen LogP contribution is 2.41. The molecule has 1 aliphatic rings. The van der Waals surface area contributed by atoms with Gasteiger partial charge in [0.15, 0.2) is 0 Å². The summed E-state index contributed by atoms with van der Waals surface area (Å²) in [6.45, 7) is 8.37. The fourth-order valence-corrected chi connectivity index (χ4v) is 4.59. The van der Waals surface area contributed by atoms with Crippen LogP contribution in [0.4, 0.5) is 0 Å². The van der Waals surface area contributed by atoms with Crippen LogP contribution in [0.25, 0.3) is 5.76 Å². The average molecular weight is 516 g/mol. The number of methoxy groups -OCH3 is 1. The topological polar surface area (TPSA) is 85.3 Å². The van der Waals surface area contributed by atoms with Gasteiger partial charge in [-0.15, -0.1) is 0 Å². The van der Waals surface area contributed by atoms with Crippen LogP contribution in [0.1, 0.15) is 49.1 Å². The fraction of sp³-hybridized carbons (Fsp3) is 0.290. The Balaban J connectivity index is 1.77. The maximum atomic E-state index is 13.4. The van der Waals surface area contributed by atoms with E-state index in [2.05, 4.69) is 0 Å². The third kappa shape index (κ3) is 5.52. The predicted molar refractivity (Wildman–Crippen MR) is 145 cm³/mol. The quantitative estimate of drug-likeness (QED) is 0.220. The van der Waals surface area contributed by atoms with Crippen molar-refractivity contribution in [1.29, 1.82) is 0 Å². The maximum absolute atomic E-state index is 13.4. The van der Waals surface area contributed by atoms with E-state index in [9.17, 15) is 14.7 Å². The molecule has 1 heterocycles. The van der Waals surface area contributed by atoms with Crippen molar-refractivity contribution in [1.82, 2.24) is 4.90 Å². The molecule has 1 aliphatic heterocycles. The highest BCUT2D eigenvalue weighted by atomic mass is 16.5. The molecule has 7 heteroatoms. The van der Waals surface area contributed by atoms with Gasteiger partial charge in [0.1, 0.15) is 23.0 Å². The first-order chi connectivity index (χ1) is 18.2. The van der Waals surface area contributed by atoms with Crippen LogP contribution >= 0.6 is 0 Å². The van der Waals surface area contributed by atoms with Crippen LogP contribution in [-0.4, -0.2) is 41.5 Å². The molecule has 3 aromatic rings. The van der Waals surface area contributed by atoms with Crippen molar-refractivity contribution in [3.63, 3.8) is 0 Å². The van der Waals surface area contributed by atoms with Gasteiger partial charge < -0.3 is 24.2 Å². The molecule has 3 aromatic carbocycles. The minimum Gasteiger partial charge on any atom is -0.507 e. The molecule has 0 aliphatic carbocycles. The highest BCUT2D eigenvalue weighted by Gasteiger charge is 2.46. The largest absolute Gasteiger partial charge is 0.507 e. The molecule has 0 bridgehead atoms. The summed E-state index contributed by atoms with van der Waals surface area (Å²) in [5.74, 6) is 0.448. The second kappa shape index (κ2) is 11.4. The zero-order valence-electron chi connectivity index (χ0n) is 22.4. The summed E-state index contributed by atoms with van der Waals surface area (Å²) < 4.78 is 16.6. The summed E-state index contributed by atoms with van der Waals surface area (Å²) in [5, 5.41) is 11.4. The van der Waals surface area contributed by atoms with E-state index in [1.807, 2.05) is 52.0 Å². The minimum absolute atomic E-state index is 0.0417. The van der Waals surface area contributed by atoms with E-state index < -0.39 is 17.7 Å². The van der Waals surface area contributed by atoms with Gasteiger partial charge in [0.25, 0.3) is 11.7 Å². The molecule has 38 heavy (non-hydrogen) atoms. The molecule has 0 spiro atoms. The Morgan fingerprint density at radius 2 is 1.63 bits per heavy atom. The van der Waals surface area contributed by atoms with E-state index in [-0.39, 0.29) is 24.0 Å². The zero-order chi connectivity index (χ0) is 27.4. The van der Waals surface area contributed by atoms with Gasteiger partial charge >= 0.3 is 0 Å². The standard InChI is InChI=1S/C31H33NO6/c1-6-37-26-16-11-23(17-20(26)4)29(33)27-28(22-9-14-24(36-5)15-10-22)32(31(35)30(27)34)18-21-7-12-25(13-8-21)38-19(2)3/h7-17,19,28,33H,6,18H2,1-5H3/b29-27-. The van der Waals surface area contributed by atoms with Crippen LogP contribution in [-0.2, 0) is 16.1 Å². The second-order valence-corrected chi connectivity index (χ2v) is 9.42. The summed E-state index contributed by atoms with van der Waals surface area (Å²) in [6, 6.07) is 19.0. The number of nitrogens with zero attached hydrogens (tertiary/aromatic N) is 1. The predicted octanol–water partition coefficient (Wildman–Crippen LogP) is 5.81. The van der Waals surface area contributed by atoms with Gasteiger partial charge in [0.05, 0.1) is 31.4 Å². The molecule has 4 rings (SSSR count). The number of aryl methyl sites for hydroxylation is 1. The second-order valence-electron chi connectivity index (χ2n) is 9.42. The fourth-order valence-electron chi connectivity index (χ4n) is 4.59. The van der Waals surface area contributed by atoms with Crippen molar-refractivity contribution in [2.45, 2.75) is 46.4 Å². The first kappa shape index (κ1) is 26.8. The van der Waals surface area contributed by atoms with Gasteiger partial charge in [-0.3, -0.25) is 9.59 Å². The first-order valence-electron chi connectivity index (χ1n) is 12.6. The number of ether oxygens (including phenoxy) is 3. The van der Waals surface area contributed by atoms with Crippen LogP contribution in [0.3, 0.4) is 0 Å². The lowest BCUT2D eigenvalue weighted by Gasteiger charge is -2.26. The lowest BCUT2D eigenvalue weighted by molar-refractivity contribution is -0.140. The summed E-state index contributed by atoms with van der Waals surface area (Å²) in [4.78, 5) is 28.2. The number of carbonyl (C=O) groups excluding carboxylic acids is 2. The normalized spacial score (nSPS) is 16.7. The number of rotatable bonds is 9. The molecule has 1 atom stereocenters. The summed E-state index contributed by atoms with van der Waals surface area (Å²) in [5.41, 5.74) is 2.82. The Hall–Kier alpha value is -4.26. The van der Waals surface area contributed by atoms with Gasteiger partial charge in [0.2, 0.25) is 0 Å². The molecule has 1 fully saturated rings. The Morgan fingerprint density at radius 1 is 0.974 bits per heavy atom. The molecule has 1 amide bonds. The van der Waals surface area contributed by atoms with E-state index in [0.29, 0.717) is 29.2 Å². The number of hydrogen-bond acceptors (Lipinski definition) is 6. The Morgan fingerprint density at radius 3 is 2.21 bits per heavy atom. The van der Waals surface area contributed by atoms with Crippen LogP contribution in [0.2, 0.25) is 0 Å².